The number of Topliss-reactive ketones (excluding diaryl/α,β-unsaturated/α-hetero) is 2. The fourth-order valence-corrected chi connectivity index (χ4v) is 14.2. The van der Waals surface area contributed by atoms with Crippen LogP contribution >= 0.6 is 0 Å². The molecule has 0 N–H and O–H groups in total. The summed E-state index contributed by atoms with van der Waals surface area (Å²) in [5.74, 6) is 2.36. The van der Waals surface area contributed by atoms with Crippen molar-refractivity contribution in [3.8, 4) is 11.5 Å². The third-order valence-corrected chi connectivity index (χ3v) is 20.9. The molecule has 0 fully saturated rings. The molecular formula is C93H150N2O6. The van der Waals surface area contributed by atoms with E-state index < -0.39 is 11.9 Å². The molecule has 4 rings (SSSR count). The first-order chi connectivity index (χ1) is 49.2. The Balaban J connectivity index is 1.21. The maximum absolute atomic E-state index is 13.5. The molecule has 0 spiro atoms. The van der Waals surface area contributed by atoms with E-state index in [0.29, 0.717) is 33.8 Å². The molecule has 0 saturated carbocycles. The Morgan fingerprint density at radius 2 is 0.416 bits per heavy atom. The number of anilines is 2. The van der Waals surface area contributed by atoms with E-state index in [-0.39, 0.29) is 18.0 Å². The van der Waals surface area contributed by atoms with Crippen molar-refractivity contribution in [2.75, 3.05) is 36.0 Å². The third kappa shape index (κ3) is 44.9. The van der Waals surface area contributed by atoms with E-state index in [0.717, 1.165) is 61.2 Å². The molecule has 101 heavy (non-hydrogen) atoms. The number of carbonyl (C=O) groups excluding carboxylic acids is 4. The second kappa shape index (κ2) is 58.1. The zero-order valence-corrected chi connectivity index (χ0v) is 66.4. The number of hydrogen-bond acceptors (Lipinski definition) is 8. The average Bonchev–Trinajstić information content (AvgIpc) is 0.863. The maximum atomic E-state index is 13.5. The number of benzene rings is 4. The van der Waals surface area contributed by atoms with Gasteiger partial charge in [0.2, 0.25) is 0 Å². The van der Waals surface area contributed by atoms with Gasteiger partial charge in [0, 0.05) is 48.7 Å². The summed E-state index contributed by atoms with van der Waals surface area (Å²) in [6, 6.07) is 28.5. The van der Waals surface area contributed by atoms with Gasteiger partial charge in [-0.1, -0.05) is 338 Å². The van der Waals surface area contributed by atoms with Crippen molar-refractivity contribution in [3.05, 3.63) is 119 Å². The van der Waals surface area contributed by atoms with Crippen molar-refractivity contribution in [2.24, 2.45) is 23.7 Å². The first kappa shape index (κ1) is 88.2. The highest BCUT2D eigenvalue weighted by atomic mass is 16.5. The number of unbranched alkanes of at least 4 members (excludes halogenated alkanes) is 40. The van der Waals surface area contributed by atoms with Crippen molar-refractivity contribution in [3.63, 3.8) is 0 Å². The van der Waals surface area contributed by atoms with E-state index in [1.54, 1.807) is 48.5 Å². The maximum Gasteiger partial charge on any atom is 0.343 e. The molecule has 4 aromatic carbocycles. The fraction of sp³-hybridized carbons (Fsp3) is 0.699. The van der Waals surface area contributed by atoms with Crippen LogP contribution in [0.1, 0.15) is 411 Å². The van der Waals surface area contributed by atoms with Crippen molar-refractivity contribution >= 4 is 34.9 Å². The molecule has 0 aliphatic heterocycles. The number of carbonyl (C=O) groups is 4. The summed E-state index contributed by atoms with van der Waals surface area (Å²) in [6.07, 6.45) is 63.9. The lowest BCUT2D eigenvalue weighted by Crippen LogP contribution is -2.25. The van der Waals surface area contributed by atoms with Crippen LogP contribution in [0.5, 0.6) is 11.5 Å². The topological polar surface area (TPSA) is 93.2 Å². The minimum atomic E-state index is -0.459. The lowest BCUT2D eigenvalue weighted by molar-refractivity contribution is 0.0725. The molecule has 0 aliphatic carbocycles. The smallest absolute Gasteiger partial charge is 0.343 e. The van der Waals surface area contributed by atoms with Gasteiger partial charge in [0.25, 0.3) is 0 Å². The molecule has 8 heteroatoms. The first-order valence-electron chi connectivity index (χ1n) is 42.6. The second-order valence-corrected chi connectivity index (χ2v) is 32.2. The zero-order chi connectivity index (χ0) is 72.6. The zero-order valence-electron chi connectivity index (χ0n) is 66.4. The Morgan fingerprint density at radius 3 is 0.614 bits per heavy atom. The SMILES string of the molecule is CC(C)CCCCCCCCCCCCCN(CCCCCCCCCCCCCC(C)C)c1ccc(C(=O)Oc2ccc(C(=O)CC(=O)c3ccc(OC(=O)c4ccc(N(CCCCCCCCCCCCCC(C)C)CCCCCCCCCCCCCC(C)C)cc4)cc3)cc2)cc1. The van der Waals surface area contributed by atoms with Gasteiger partial charge in [0.15, 0.2) is 11.6 Å². The van der Waals surface area contributed by atoms with Crippen molar-refractivity contribution < 1.29 is 28.7 Å². The number of ether oxygens (including phenoxy) is 2. The summed E-state index contributed by atoms with van der Waals surface area (Å²) < 4.78 is 11.6. The van der Waals surface area contributed by atoms with E-state index >= 15 is 0 Å². The monoisotopic (exact) mass is 1390 g/mol. The number of nitrogens with zero attached hydrogens (tertiary/aromatic N) is 2. The van der Waals surface area contributed by atoms with Crippen LogP contribution in [0.4, 0.5) is 11.4 Å². The van der Waals surface area contributed by atoms with Crippen LogP contribution in [-0.2, 0) is 0 Å². The third-order valence-electron chi connectivity index (χ3n) is 20.9. The molecule has 568 valence electrons. The number of rotatable bonds is 66. The molecule has 0 amide bonds. The van der Waals surface area contributed by atoms with E-state index in [4.69, 9.17) is 9.47 Å². The van der Waals surface area contributed by atoms with Crippen LogP contribution in [-0.4, -0.2) is 49.7 Å². The summed E-state index contributed by atoms with van der Waals surface area (Å²) in [5.41, 5.74) is 3.93. The van der Waals surface area contributed by atoms with Gasteiger partial charge in [-0.15, -0.1) is 0 Å². The van der Waals surface area contributed by atoms with E-state index in [2.05, 4.69) is 89.5 Å². The summed E-state index contributed by atoms with van der Waals surface area (Å²) in [5, 5.41) is 0. The van der Waals surface area contributed by atoms with Gasteiger partial charge in [-0.25, -0.2) is 9.59 Å². The summed E-state index contributed by atoms with van der Waals surface area (Å²) in [7, 11) is 0. The highest BCUT2D eigenvalue weighted by molar-refractivity contribution is 6.13. The number of hydrogen-bond donors (Lipinski definition) is 0. The van der Waals surface area contributed by atoms with Crippen LogP contribution in [0.3, 0.4) is 0 Å². The molecule has 4 aromatic rings. The second-order valence-electron chi connectivity index (χ2n) is 32.2. The van der Waals surface area contributed by atoms with Gasteiger partial charge in [-0.3, -0.25) is 9.59 Å². The Morgan fingerprint density at radius 1 is 0.238 bits per heavy atom. The van der Waals surface area contributed by atoms with Crippen molar-refractivity contribution in [1.29, 1.82) is 0 Å². The molecule has 0 radical (unpaired) electrons. The molecule has 0 bridgehead atoms. The lowest BCUT2D eigenvalue weighted by Gasteiger charge is -2.25. The first-order valence-corrected chi connectivity index (χ1v) is 42.6. The molecule has 0 atom stereocenters. The minimum Gasteiger partial charge on any atom is -0.423 e. The van der Waals surface area contributed by atoms with Crippen LogP contribution in [0.2, 0.25) is 0 Å². The van der Waals surface area contributed by atoms with Gasteiger partial charge in [0.05, 0.1) is 17.5 Å². The molecule has 0 heterocycles. The molecule has 0 saturated heterocycles. The van der Waals surface area contributed by atoms with E-state index in [9.17, 15) is 19.2 Å². The van der Waals surface area contributed by atoms with Gasteiger partial charge < -0.3 is 19.3 Å². The minimum absolute atomic E-state index is 0.325. The molecule has 0 unspecified atom stereocenters. The van der Waals surface area contributed by atoms with Crippen LogP contribution in [0, 0.1) is 23.7 Å². The normalized spacial score (nSPS) is 11.6. The standard InChI is InChI=1S/C93H150N2O6/c1-78(2)53-45-37-29-21-13-9-17-25-33-41-49-73-94(74-50-42-34-26-18-10-14-22-30-38-46-54-79(3)4)86-65-57-84(58-66-86)92(98)100-88-69-61-82(62-70-88)90(96)77-91(97)83-63-71-89(72-64-83)101-93(99)85-59-67-87(68-60-85)95(75-51-43-35-27-19-11-15-23-31-39-47-55-80(5)6)76-52-44-36-28-20-12-16-24-32-40-48-56-81(7)8/h57-72,78-81H,9-56,73-77H2,1-8H3. The predicted molar refractivity (Wildman–Crippen MR) is 434 cm³/mol. The molecule has 8 nitrogen and oxygen atoms in total. The van der Waals surface area contributed by atoms with Gasteiger partial charge in [-0.2, -0.15) is 0 Å². The summed E-state index contributed by atoms with van der Waals surface area (Å²) in [4.78, 5) is 58.8. The average molecular weight is 1390 g/mol. The largest absolute Gasteiger partial charge is 0.423 e. The summed E-state index contributed by atoms with van der Waals surface area (Å²) >= 11 is 0. The lowest BCUT2D eigenvalue weighted by atomic mass is 10.0. The Hall–Kier alpha value is -5.24. The van der Waals surface area contributed by atoms with E-state index in [1.807, 2.05) is 24.3 Å². The van der Waals surface area contributed by atoms with Gasteiger partial charge in [-0.05, 0) is 146 Å². The Labute approximate surface area is 620 Å². The van der Waals surface area contributed by atoms with Gasteiger partial charge in [0.1, 0.15) is 11.5 Å². The van der Waals surface area contributed by atoms with Gasteiger partial charge >= 0.3 is 11.9 Å². The number of ketones is 2. The Kier molecular flexibility index (Phi) is 50.7. The molecular weight excluding hydrogens is 1240 g/mol. The Bertz CT molecular complexity index is 2410. The number of esters is 2. The van der Waals surface area contributed by atoms with E-state index in [1.165, 1.54) is 308 Å². The van der Waals surface area contributed by atoms with Crippen LogP contribution in [0.15, 0.2) is 97.1 Å². The molecule has 0 aliphatic rings. The van der Waals surface area contributed by atoms with Crippen LogP contribution in [0.25, 0.3) is 0 Å². The van der Waals surface area contributed by atoms with Crippen LogP contribution < -0.4 is 19.3 Å². The highest BCUT2D eigenvalue weighted by Crippen LogP contribution is 2.26. The molecule has 0 aromatic heterocycles. The predicted octanol–water partition coefficient (Wildman–Crippen LogP) is 28.5. The highest BCUT2D eigenvalue weighted by Gasteiger charge is 2.18. The summed E-state index contributed by atoms with van der Waals surface area (Å²) in [6.45, 7) is 22.7. The van der Waals surface area contributed by atoms with Crippen molar-refractivity contribution in [1.82, 2.24) is 0 Å². The fourth-order valence-electron chi connectivity index (χ4n) is 14.2. The quantitative estimate of drug-likeness (QED) is 0.0142. The van der Waals surface area contributed by atoms with Crippen molar-refractivity contribution in [2.45, 2.75) is 370 Å².